The average Bonchev–Trinajstić information content (AvgIpc) is 3.22. The summed E-state index contributed by atoms with van der Waals surface area (Å²) < 4.78 is 0. The maximum atomic E-state index is 13.2. The summed E-state index contributed by atoms with van der Waals surface area (Å²) in [5.41, 5.74) is 9.48. The summed E-state index contributed by atoms with van der Waals surface area (Å²) in [6, 6.07) is 8.85. The van der Waals surface area contributed by atoms with Gasteiger partial charge in [-0.25, -0.2) is 0 Å². The minimum absolute atomic E-state index is 0.00503. The number of hydrogen-bond acceptors (Lipinski definition) is 8. The first kappa shape index (κ1) is 22.1. The van der Waals surface area contributed by atoms with E-state index in [1.165, 1.54) is 23.5 Å². The van der Waals surface area contributed by atoms with Crippen molar-refractivity contribution in [3.8, 4) is 6.07 Å². The average molecular weight is 467 g/mol. The molecule has 2 heterocycles. The van der Waals surface area contributed by atoms with E-state index in [-0.39, 0.29) is 17.3 Å². The van der Waals surface area contributed by atoms with Crippen LogP contribution in [0.4, 0.5) is 11.4 Å². The van der Waals surface area contributed by atoms with Gasteiger partial charge in [-0.15, -0.1) is 23.1 Å². The number of nitro groups is 1. The molecule has 0 amide bonds. The lowest BCUT2D eigenvalue weighted by molar-refractivity contribution is -0.384. The van der Waals surface area contributed by atoms with E-state index in [1.54, 1.807) is 22.7 Å². The number of nitro benzene ring substituents is 1. The van der Waals surface area contributed by atoms with Crippen molar-refractivity contribution in [3.63, 3.8) is 0 Å². The van der Waals surface area contributed by atoms with Gasteiger partial charge in [0.1, 0.15) is 5.82 Å². The Morgan fingerprint density at radius 1 is 1.38 bits per heavy atom. The van der Waals surface area contributed by atoms with Crippen molar-refractivity contribution >= 4 is 40.3 Å². The molecule has 0 fully saturated rings. The number of benzene rings is 1. The molecule has 4 rings (SSSR count). The van der Waals surface area contributed by atoms with E-state index in [0.717, 1.165) is 26.8 Å². The van der Waals surface area contributed by atoms with Gasteiger partial charge in [0, 0.05) is 39.6 Å². The zero-order valence-electron chi connectivity index (χ0n) is 17.8. The SMILES string of the molecule is CCSc1ccsc1C1C(C#N)=C(N)N(c2cc([N+](=O)[O-])ccc2C)C2=C1C(=O)CCC2. The Labute approximate surface area is 194 Å². The summed E-state index contributed by atoms with van der Waals surface area (Å²) in [7, 11) is 0. The van der Waals surface area contributed by atoms with Crippen molar-refractivity contribution in [2.75, 3.05) is 10.7 Å². The summed E-state index contributed by atoms with van der Waals surface area (Å²) in [6.45, 7) is 3.90. The van der Waals surface area contributed by atoms with Crippen LogP contribution in [0.15, 0.2) is 57.2 Å². The molecule has 2 aliphatic rings. The summed E-state index contributed by atoms with van der Waals surface area (Å²) >= 11 is 3.20. The third kappa shape index (κ3) is 3.59. The lowest BCUT2D eigenvalue weighted by Gasteiger charge is -2.40. The maximum Gasteiger partial charge on any atom is 0.271 e. The first-order valence-electron chi connectivity index (χ1n) is 10.3. The topological polar surface area (TPSA) is 113 Å². The van der Waals surface area contributed by atoms with Crippen LogP contribution in [-0.4, -0.2) is 16.5 Å². The molecule has 7 nitrogen and oxygen atoms in total. The number of carbonyl (C=O) groups is 1. The van der Waals surface area contributed by atoms with Crippen LogP contribution in [0.25, 0.3) is 0 Å². The summed E-state index contributed by atoms with van der Waals surface area (Å²) in [6.07, 6.45) is 1.70. The van der Waals surface area contributed by atoms with Crippen molar-refractivity contribution in [3.05, 3.63) is 72.9 Å². The number of thiophene rings is 1. The molecule has 164 valence electrons. The minimum atomic E-state index is -0.507. The summed E-state index contributed by atoms with van der Waals surface area (Å²) in [5, 5.41) is 23.5. The Morgan fingerprint density at radius 2 is 2.16 bits per heavy atom. The molecular weight excluding hydrogens is 444 g/mol. The molecule has 0 spiro atoms. The standard InChI is InChI=1S/C23H22N4O3S2/c1-3-31-19-9-10-32-22(19)20-15(12-24)23(25)26(16-5-4-6-18(28)21(16)20)17-11-14(27(29)30)8-7-13(17)2/h7-11,20H,3-6,25H2,1-2H3. The Morgan fingerprint density at radius 3 is 2.84 bits per heavy atom. The van der Waals surface area contributed by atoms with Crippen LogP contribution in [-0.2, 0) is 4.79 Å². The molecule has 1 atom stereocenters. The van der Waals surface area contributed by atoms with Gasteiger partial charge >= 0.3 is 0 Å². The molecule has 1 aromatic heterocycles. The van der Waals surface area contributed by atoms with Gasteiger partial charge < -0.3 is 5.73 Å². The van der Waals surface area contributed by atoms with Gasteiger partial charge in [-0.2, -0.15) is 5.26 Å². The Kier molecular flexibility index (Phi) is 6.09. The fourth-order valence-electron chi connectivity index (χ4n) is 4.37. The molecule has 9 heteroatoms. The van der Waals surface area contributed by atoms with Gasteiger partial charge in [-0.3, -0.25) is 19.8 Å². The first-order chi connectivity index (χ1) is 15.4. The van der Waals surface area contributed by atoms with Crippen LogP contribution in [0.3, 0.4) is 0 Å². The number of non-ortho nitro benzene ring substituents is 1. The Balaban J connectivity index is 1.98. The maximum absolute atomic E-state index is 13.2. The molecule has 1 aromatic carbocycles. The van der Waals surface area contributed by atoms with Gasteiger partial charge in [0.05, 0.1) is 28.2 Å². The van der Waals surface area contributed by atoms with Crippen LogP contribution in [0.5, 0.6) is 0 Å². The second-order valence-corrected chi connectivity index (χ2v) is 9.88. The summed E-state index contributed by atoms with van der Waals surface area (Å²) in [4.78, 5) is 27.9. The number of anilines is 1. The van der Waals surface area contributed by atoms with Crippen molar-refractivity contribution < 1.29 is 9.72 Å². The number of Topliss-reactive ketones (excluding diaryl/α,β-unsaturated/α-hetero) is 1. The molecule has 0 saturated heterocycles. The van der Waals surface area contributed by atoms with Crippen molar-refractivity contribution in [1.29, 1.82) is 5.26 Å². The number of rotatable bonds is 5. The Bertz CT molecular complexity index is 1220. The van der Waals surface area contributed by atoms with E-state index in [4.69, 9.17) is 5.73 Å². The molecule has 0 saturated carbocycles. The predicted molar refractivity (Wildman–Crippen MR) is 126 cm³/mol. The molecule has 1 unspecified atom stereocenters. The number of nitrogens with two attached hydrogens (primary N) is 1. The van der Waals surface area contributed by atoms with Gasteiger partial charge in [0.2, 0.25) is 0 Å². The highest BCUT2D eigenvalue weighted by Crippen LogP contribution is 2.50. The second kappa shape index (κ2) is 8.81. The van der Waals surface area contributed by atoms with Crippen LogP contribution < -0.4 is 10.6 Å². The molecule has 32 heavy (non-hydrogen) atoms. The van der Waals surface area contributed by atoms with Crippen LogP contribution in [0.2, 0.25) is 0 Å². The number of nitriles is 1. The van der Waals surface area contributed by atoms with Gasteiger partial charge in [0.25, 0.3) is 5.69 Å². The van der Waals surface area contributed by atoms with Crippen LogP contribution in [0, 0.1) is 28.4 Å². The van der Waals surface area contributed by atoms with Crippen molar-refractivity contribution in [2.24, 2.45) is 5.73 Å². The predicted octanol–water partition coefficient (Wildman–Crippen LogP) is 5.38. The zero-order chi connectivity index (χ0) is 23.0. The van der Waals surface area contributed by atoms with Crippen LogP contribution in [0.1, 0.15) is 42.5 Å². The molecule has 0 bridgehead atoms. The molecule has 0 radical (unpaired) electrons. The highest BCUT2D eigenvalue weighted by atomic mass is 32.2. The fourth-order valence-corrected chi connectivity index (χ4v) is 6.42. The number of aryl methyl sites for hydroxylation is 1. The fraction of sp³-hybridized carbons (Fsp3) is 0.304. The normalized spacial score (nSPS) is 18.6. The summed E-state index contributed by atoms with van der Waals surface area (Å²) in [5.74, 6) is 0.601. The third-order valence-corrected chi connectivity index (χ3v) is 7.84. The van der Waals surface area contributed by atoms with E-state index >= 15 is 0 Å². The molecule has 1 aliphatic carbocycles. The minimum Gasteiger partial charge on any atom is -0.384 e. The number of allylic oxidation sites excluding steroid dienone is 3. The zero-order valence-corrected chi connectivity index (χ0v) is 19.4. The highest BCUT2D eigenvalue weighted by molar-refractivity contribution is 7.99. The van der Waals surface area contributed by atoms with Crippen molar-refractivity contribution in [2.45, 2.75) is 43.9 Å². The molecular formula is C23H22N4O3S2. The highest BCUT2D eigenvalue weighted by Gasteiger charge is 2.42. The van der Waals surface area contributed by atoms with E-state index in [0.29, 0.717) is 36.1 Å². The van der Waals surface area contributed by atoms with E-state index in [9.17, 15) is 20.2 Å². The van der Waals surface area contributed by atoms with E-state index in [1.807, 2.05) is 18.4 Å². The van der Waals surface area contributed by atoms with Crippen molar-refractivity contribution in [1.82, 2.24) is 0 Å². The molecule has 2 N–H and O–H groups in total. The largest absolute Gasteiger partial charge is 0.384 e. The number of ketones is 1. The lowest BCUT2D eigenvalue weighted by atomic mass is 9.78. The number of nitrogens with zero attached hydrogens (tertiary/aromatic N) is 3. The lowest BCUT2D eigenvalue weighted by Crippen LogP contribution is -2.39. The smallest absolute Gasteiger partial charge is 0.271 e. The van der Waals surface area contributed by atoms with Gasteiger partial charge in [0.15, 0.2) is 5.78 Å². The number of carbonyl (C=O) groups excluding carboxylic acids is 1. The monoisotopic (exact) mass is 466 g/mol. The van der Waals surface area contributed by atoms with E-state index in [2.05, 4.69) is 13.0 Å². The number of thioether (sulfide) groups is 1. The third-order valence-electron chi connectivity index (χ3n) is 5.78. The van der Waals surface area contributed by atoms with Gasteiger partial charge in [-0.1, -0.05) is 13.0 Å². The second-order valence-electron chi connectivity index (χ2n) is 7.63. The molecule has 2 aromatic rings. The first-order valence-corrected chi connectivity index (χ1v) is 12.2. The van der Waals surface area contributed by atoms with Gasteiger partial charge in [-0.05, 0) is 42.5 Å². The Hall–Kier alpha value is -3.09. The quantitative estimate of drug-likeness (QED) is 0.357. The number of hydrogen-bond donors (Lipinski definition) is 1. The van der Waals surface area contributed by atoms with E-state index < -0.39 is 10.8 Å². The molecule has 1 aliphatic heterocycles. The van der Waals surface area contributed by atoms with Crippen LogP contribution >= 0.6 is 23.1 Å².